The summed E-state index contributed by atoms with van der Waals surface area (Å²) in [6, 6.07) is 3.33. The van der Waals surface area contributed by atoms with Gasteiger partial charge in [0.25, 0.3) is 5.91 Å². The second-order valence-corrected chi connectivity index (χ2v) is 4.37. The Labute approximate surface area is 110 Å². The average Bonchev–Trinajstić information content (AvgIpc) is 2.84. The van der Waals surface area contributed by atoms with Crippen molar-refractivity contribution in [1.29, 1.82) is 0 Å². The van der Waals surface area contributed by atoms with Gasteiger partial charge in [0.1, 0.15) is 11.6 Å². The predicted octanol–water partition coefficient (Wildman–Crippen LogP) is 1.94. The molecule has 3 N–H and O–H groups in total. The fraction of sp³-hybridized carbons (Fsp3) is 0.308. The van der Waals surface area contributed by atoms with Gasteiger partial charge in [-0.15, -0.1) is 5.10 Å². The van der Waals surface area contributed by atoms with E-state index in [1.54, 1.807) is 19.1 Å². The molecule has 0 bridgehead atoms. The maximum absolute atomic E-state index is 12.0. The predicted molar refractivity (Wildman–Crippen MR) is 71.3 cm³/mol. The van der Waals surface area contributed by atoms with E-state index in [4.69, 9.17) is 0 Å². The highest BCUT2D eigenvalue weighted by atomic mass is 16.3. The fourth-order valence-corrected chi connectivity index (χ4v) is 1.67. The lowest BCUT2D eigenvalue weighted by molar-refractivity contribution is 0.101. The standard InChI is InChI=1S/C13H16N4O2/c1-4-11-15-12(17-16-11)13(19)14-9-5-8(3)10(18)6-7(9)2/h5-6,18H,4H2,1-3H3,(H,14,19)(H,15,16,17). The molecule has 0 fully saturated rings. The van der Waals surface area contributed by atoms with E-state index in [0.717, 1.165) is 5.56 Å². The summed E-state index contributed by atoms with van der Waals surface area (Å²) in [7, 11) is 0. The number of hydrogen-bond donors (Lipinski definition) is 3. The van der Waals surface area contributed by atoms with Crippen LogP contribution in [0.4, 0.5) is 5.69 Å². The molecule has 1 heterocycles. The summed E-state index contributed by atoms with van der Waals surface area (Å²) in [4.78, 5) is 16.0. The van der Waals surface area contributed by atoms with Gasteiger partial charge in [0.15, 0.2) is 0 Å². The Morgan fingerprint density at radius 1 is 1.37 bits per heavy atom. The van der Waals surface area contributed by atoms with Crippen LogP contribution in [0, 0.1) is 13.8 Å². The van der Waals surface area contributed by atoms with Gasteiger partial charge in [-0.2, -0.15) is 0 Å². The van der Waals surface area contributed by atoms with Crippen LogP contribution in [-0.4, -0.2) is 26.2 Å². The normalized spacial score (nSPS) is 10.5. The Hall–Kier alpha value is -2.37. The van der Waals surface area contributed by atoms with Gasteiger partial charge in [-0.1, -0.05) is 6.92 Å². The number of phenolic OH excluding ortho intramolecular Hbond substituents is 1. The second-order valence-electron chi connectivity index (χ2n) is 4.37. The van der Waals surface area contributed by atoms with E-state index in [2.05, 4.69) is 20.5 Å². The van der Waals surface area contributed by atoms with Crippen molar-refractivity contribution in [2.45, 2.75) is 27.2 Å². The van der Waals surface area contributed by atoms with E-state index in [1.165, 1.54) is 0 Å². The third-order valence-electron chi connectivity index (χ3n) is 2.86. The summed E-state index contributed by atoms with van der Waals surface area (Å²) in [5, 5.41) is 18.9. The van der Waals surface area contributed by atoms with Gasteiger partial charge in [0.05, 0.1) is 0 Å². The summed E-state index contributed by atoms with van der Waals surface area (Å²) >= 11 is 0. The number of nitrogens with zero attached hydrogens (tertiary/aromatic N) is 2. The zero-order valence-corrected chi connectivity index (χ0v) is 11.1. The first kappa shape index (κ1) is 13.1. The summed E-state index contributed by atoms with van der Waals surface area (Å²) in [5.74, 6) is 0.622. The van der Waals surface area contributed by atoms with Crippen molar-refractivity contribution in [3.8, 4) is 5.75 Å². The van der Waals surface area contributed by atoms with E-state index in [-0.39, 0.29) is 17.5 Å². The number of aromatic amines is 1. The van der Waals surface area contributed by atoms with Crippen LogP contribution in [0.3, 0.4) is 0 Å². The molecular weight excluding hydrogens is 244 g/mol. The zero-order valence-electron chi connectivity index (χ0n) is 11.1. The van der Waals surface area contributed by atoms with Crippen LogP contribution in [-0.2, 0) is 6.42 Å². The zero-order chi connectivity index (χ0) is 14.0. The number of H-pyrrole nitrogens is 1. The van der Waals surface area contributed by atoms with Gasteiger partial charge < -0.3 is 10.4 Å². The van der Waals surface area contributed by atoms with E-state index < -0.39 is 0 Å². The molecule has 0 saturated heterocycles. The lowest BCUT2D eigenvalue weighted by Crippen LogP contribution is -2.14. The minimum atomic E-state index is -0.371. The highest BCUT2D eigenvalue weighted by Crippen LogP contribution is 2.25. The van der Waals surface area contributed by atoms with Gasteiger partial charge in [0, 0.05) is 12.1 Å². The number of benzene rings is 1. The maximum atomic E-state index is 12.0. The van der Waals surface area contributed by atoms with E-state index in [0.29, 0.717) is 23.5 Å². The van der Waals surface area contributed by atoms with Gasteiger partial charge >= 0.3 is 0 Å². The molecule has 0 spiro atoms. The number of carbonyl (C=O) groups is 1. The van der Waals surface area contributed by atoms with Gasteiger partial charge in [-0.25, -0.2) is 4.98 Å². The number of aromatic nitrogens is 3. The maximum Gasteiger partial charge on any atom is 0.295 e. The third kappa shape index (κ3) is 2.73. The fourth-order valence-electron chi connectivity index (χ4n) is 1.67. The number of aromatic hydroxyl groups is 1. The van der Waals surface area contributed by atoms with E-state index in [9.17, 15) is 9.90 Å². The lowest BCUT2D eigenvalue weighted by Gasteiger charge is -2.09. The first-order valence-corrected chi connectivity index (χ1v) is 6.04. The number of rotatable bonds is 3. The lowest BCUT2D eigenvalue weighted by atomic mass is 10.1. The highest BCUT2D eigenvalue weighted by molar-refractivity contribution is 6.02. The monoisotopic (exact) mass is 260 g/mol. The Morgan fingerprint density at radius 3 is 2.74 bits per heavy atom. The van der Waals surface area contributed by atoms with Crippen LogP contribution in [0.15, 0.2) is 12.1 Å². The number of anilines is 1. The molecule has 0 aliphatic heterocycles. The molecule has 0 unspecified atom stereocenters. The topological polar surface area (TPSA) is 90.9 Å². The molecule has 1 aromatic heterocycles. The van der Waals surface area contributed by atoms with Crippen molar-refractivity contribution < 1.29 is 9.90 Å². The van der Waals surface area contributed by atoms with Crippen molar-refractivity contribution in [3.05, 3.63) is 34.9 Å². The molecule has 6 nitrogen and oxygen atoms in total. The number of hydrogen-bond acceptors (Lipinski definition) is 4. The Morgan fingerprint density at radius 2 is 2.11 bits per heavy atom. The molecule has 6 heteroatoms. The molecular formula is C13H16N4O2. The van der Waals surface area contributed by atoms with Crippen LogP contribution in [0.1, 0.15) is 34.5 Å². The van der Waals surface area contributed by atoms with E-state index in [1.807, 2.05) is 13.8 Å². The van der Waals surface area contributed by atoms with Crippen molar-refractivity contribution in [3.63, 3.8) is 0 Å². The number of nitrogens with one attached hydrogen (secondary N) is 2. The third-order valence-corrected chi connectivity index (χ3v) is 2.86. The molecule has 2 rings (SSSR count). The number of carbonyl (C=O) groups excluding carboxylic acids is 1. The van der Waals surface area contributed by atoms with Gasteiger partial charge in [-0.05, 0) is 37.1 Å². The SMILES string of the molecule is CCc1nc(C(=O)Nc2cc(C)c(O)cc2C)n[nH]1. The number of amides is 1. The van der Waals surface area contributed by atoms with Crippen LogP contribution in [0.2, 0.25) is 0 Å². The summed E-state index contributed by atoms with van der Waals surface area (Å²) in [6.45, 7) is 5.51. The minimum absolute atomic E-state index is 0.113. The smallest absolute Gasteiger partial charge is 0.295 e. The molecule has 100 valence electrons. The van der Waals surface area contributed by atoms with Crippen LogP contribution >= 0.6 is 0 Å². The van der Waals surface area contributed by atoms with Crippen LogP contribution < -0.4 is 5.32 Å². The highest BCUT2D eigenvalue weighted by Gasteiger charge is 2.14. The quantitative estimate of drug-likeness (QED) is 0.735. The molecule has 19 heavy (non-hydrogen) atoms. The molecule has 0 radical (unpaired) electrons. The molecule has 0 saturated carbocycles. The molecule has 1 aromatic carbocycles. The van der Waals surface area contributed by atoms with Gasteiger partial charge in [0.2, 0.25) is 5.82 Å². The molecule has 0 atom stereocenters. The summed E-state index contributed by atoms with van der Waals surface area (Å²) < 4.78 is 0. The van der Waals surface area contributed by atoms with Crippen molar-refractivity contribution in [2.24, 2.45) is 0 Å². The van der Waals surface area contributed by atoms with E-state index >= 15 is 0 Å². The number of aryl methyl sites for hydroxylation is 3. The molecule has 0 aliphatic carbocycles. The van der Waals surface area contributed by atoms with Crippen molar-refractivity contribution >= 4 is 11.6 Å². The second kappa shape index (κ2) is 5.09. The first-order chi connectivity index (χ1) is 9.01. The largest absolute Gasteiger partial charge is 0.508 e. The summed E-state index contributed by atoms with van der Waals surface area (Å²) in [5.41, 5.74) is 2.12. The van der Waals surface area contributed by atoms with Crippen LogP contribution in [0.25, 0.3) is 0 Å². The van der Waals surface area contributed by atoms with Crippen molar-refractivity contribution in [1.82, 2.24) is 15.2 Å². The van der Waals surface area contributed by atoms with Crippen LogP contribution in [0.5, 0.6) is 5.75 Å². The first-order valence-electron chi connectivity index (χ1n) is 6.04. The number of phenols is 1. The van der Waals surface area contributed by atoms with Crippen molar-refractivity contribution in [2.75, 3.05) is 5.32 Å². The Kier molecular flexibility index (Phi) is 3.50. The average molecular weight is 260 g/mol. The molecule has 0 aliphatic rings. The molecule has 2 aromatic rings. The summed E-state index contributed by atoms with van der Waals surface area (Å²) in [6.07, 6.45) is 0.692. The Balaban J connectivity index is 2.21. The molecule has 1 amide bonds. The van der Waals surface area contributed by atoms with Gasteiger partial charge in [-0.3, -0.25) is 9.89 Å². The Bertz CT molecular complexity index is 619. The minimum Gasteiger partial charge on any atom is -0.508 e.